The molecule has 22 heavy (non-hydrogen) atoms. The van der Waals surface area contributed by atoms with E-state index in [2.05, 4.69) is 5.32 Å². The van der Waals surface area contributed by atoms with Gasteiger partial charge in [0, 0.05) is 38.8 Å². The Labute approximate surface area is 137 Å². The maximum absolute atomic E-state index is 12.5. The van der Waals surface area contributed by atoms with Crippen molar-refractivity contribution in [2.24, 2.45) is 0 Å². The van der Waals surface area contributed by atoms with Gasteiger partial charge in [0.25, 0.3) is 5.91 Å². The van der Waals surface area contributed by atoms with Crippen molar-refractivity contribution in [2.75, 3.05) is 39.3 Å². The van der Waals surface area contributed by atoms with Crippen molar-refractivity contribution >= 4 is 24.2 Å². The van der Waals surface area contributed by atoms with Crippen LogP contribution in [-0.2, 0) is 14.3 Å². The highest BCUT2D eigenvalue weighted by molar-refractivity contribution is 5.85. The minimum Gasteiger partial charge on any atom is -0.368 e. The molecule has 6 nitrogen and oxygen atoms in total. The van der Waals surface area contributed by atoms with Crippen molar-refractivity contribution in [3.63, 3.8) is 0 Å². The van der Waals surface area contributed by atoms with Crippen molar-refractivity contribution < 1.29 is 14.3 Å². The van der Waals surface area contributed by atoms with Gasteiger partial charge in [0.05, 0.1) is 6.54 Å². The summed E-state index contributed by atoms with van der Waals surface area (Å²) in [5, 5.41) is 3.10. The van der Waals surface area contributed by atoms with Crippen LogP contribution in [0.4, 0.5) is 0 Å². The Morgan fingerprint density at radius 2 is 2.05 bits per heavy atom. The van der Waals surface area contributed by atoms with Crippen LogP contribution in [0.15, 0.2) is 0 Å². The first-order chi connectivity index (χ1) is 10.3. The summed E-state index contributed by atoms with van der Waals surface area (Å²) >= 11 is 0. The summed E-state index contributed by atoms with van der Waals surface area (Å²) < 4.78 is 5.61. The molecule has 126 valence electrons. The number of nitrogens with zero attached hydrogens (tertiary/aromatic N) is 2. The summed E-state index contributed by atoms with van der Waals surface area (Å²) in [4.78, 5) is 28.4. The Hall–Kier alpha value is -0.850. The van der Waals surface area contributed by atoms with Crippen molar-refractivity contribution in [3.8, 4) is 0 Å². The van der Waals surface area contributed by atoms with Gasteiger partial charge in [-0.2, -0.15) is 0 Å². The molecular formula is C15H26ClN3O3. The number of carbonyl (C=O) groups excluding carboxylic acids is 2. The molecule has 2 atom stereocenters. The Morgan fingerprint density at radius 3 is 2.77 bits per heavy atom. The van der Waals surface area contributed by atoms with Crippen LogP contribution in [0.5, 0.6) is 0 Å². The number of nitrogens with one attached hydrogen (secondary N) is 1. The highest BCUT2D eigenvalue weighted by Crippen LogP contribution is 2.21. The molecule has 0 saturated carbocycles. The summed E-state index contributed by atoms with van der Waals surface area (Å²) in [6, 6.07) is 0.181. The van der Waals surface area contributed by atoms with Gasteiger partial charge >= 0.3 is 0 Å². The van der Waals surface area contributed by atoms with Gasteiger partial charge in [0.2, 0.25) is 5.91 Å². The van der Waals surface area contributed by atoms with Gasteiger partial charge in [-0.1, -0.05) is 0 Å². The molecule has 1 N–H and O–H groups in total. The number of ether oxygens (including phenoxy) is 1. The van der Waals surface area contributed by atoms with Crippen molar-refractivity contribution in [3.05, 3.63) is 0 Å². The minimum atomic E-state index is -0.253. The number of rotatable bonds is 2. The van der Waals surface area contributed by atoms with E-state index in [9.17, 15) is 9.59 Å². The van der Waals surface area contributed by atoms with E-state index < -0.39 is 0 Å². The van der Waals surface area contributed by atoms with Crippen molar-refractivity contribution in [1.82, 2.24) is 15.1 Å². The molecule has 0 bridgehead atoms. The maximum Gasteiger partial charge on any atom is 0.251 e. The highest BCUT2D eigenvalue weighted by Gasteiger charge is 2.34. The van der Waals surface area contributed by atoms with Gasteiger partial charge in [-0.15, -0.1) is 12.4 Å². The van der Waals surface area contributed by atoms with Crippen LogP contribution < -0.4 is 5.32 Å². The summed E-state index contributed by atoms with van der Waals surface area (Å²) in [5.74, 6) is 0.288. The fourth-order valence-corrected chi connectivity index (χ4v) is 3.56. The molecule has 3 heterocycles. The molecule has 0 aromatic rings. The molecule has 0 aliphatic carbocycles. The molecule has 0 aromatic carbocycles. The molecule has 0 radical (unpaired) electrons. The zero-order valence-electron chi connectivity index (χ0n) is 13.0. The van der Waals surface area contributed by atoms with Gasteiger partial charge < -0.3 is 19.9 Å². The molecule has 3 fully saturated rings. The van der Waals surface area contributed by atoms with Crippen LogP contribution in [0.1, 0.15) is 32.1 Å². The Balaban J connectivity index is 0.00000176. The van der Waals surface area contributed by atoms with Crippen molar-refractivity contribution in [1.29, 1.82) is 0 Å². The summed E-state index contributed by atoms with van der Waals surface area (Å²) in [7, 11) is 0. The number of hydrogen-bond donors (Lipinski definition) is 1. The van der Waals surface area contributed by atoms with E-state index in [0.29, 0.717) is 19.7 Å². The van der Waals surface area contributed by atoms with Crippen LogP contribution in [-0.4, -0.2) is 73.1 Å². The highest BCUT2D eigenvalue weighted by atomic mass is 35.5. The summed E-state index contributed by atoms with van der Waals surface area (Å²) in [6.07, 6.45) is 4.69. The lowest BCUT2D eigenvalue weighted by atomic mass is 10.0. The number of piperazine rings is 1. The SMILES string of the molecule is Cl.O=C(C1CCCCO1)N1CCCC(N2CCNCC2=O)C1. The first-order valence-corrected chi connectivity index (χ1v) is 8.16. The molecule has 2 amide bonds. The van der Waals surface area contributed by atoms with Crippen LogP contribution >= 0.6 is 12.4 Å². The van der Waals surface area contributed by atoms with Crippen LogP contribution in [0, 0.1) is 0 Å². The normalized spacial score (nSPS) is 29.9. The number of halogens is 1. The lowest BCUT2D eigenvalue weighted by Crippen LogP contribution is -2.58. The number of amides is 2. The van der Waals surface area contributed by atoms with Gasteiger partial charge in [-0.05, 0) is 32.1 Å². The molecule has 7 heteroatoms. The lowest BCUT2D eigenvalue weighted by molar-refractivity contribution is -0.150. The molecule has 0 aromatic heterocycles. The van der Waals surface area contributed by atoms with E-state index in [1.807, 2.05) is 9.80 Å². The smallest absolute Gasteiger partial charge is 0.251 e. The zero-order chi connectivity index (χ0) is 14.7. The predicted molar refractivity (Wildman–Crippen MR) is 85.0 cm³/mol. The first kappa shape index (κ1) is 17.5. The molecular weight excluding hydrogens is 306 g/mol. The predicted octanol–water partition coefficient (Wildman–Crippen LogP) is 0.400. The average Bonchev–Trinajstić information content (AvgIpc) is 2.55. The zero-order valence-corrected chi connectivity index (χ0v) is 13.8. The minimum absolute atomic E-state index is 0. The van der Waals surface area contributed by atoms with Gasteiger partial charge in [-0.3, -0.25) is 9.59 Å². The van der Waals surface area contributed by atoms with Gasteiger partial charge in [0.15, 0.2) is 0 Å². The molecule has 3 saturated heterocycles. The second-order valence-electron chi connectivity index (χ2n) is 6.20. The third-order valence-electron chi connectivity index (χ3n) is 4.73. The van der Waals surface area contributed by atoms with Crippen LogP contribution in [0.3, 0.4) is 0 Å². The second-order valence-corrected chi connectivity index (χ2v) is 6.20. The van der Waals surface area contributed by atoms with E-state index in [1.54, 1.807) is 0 Å². The topological polar surface area (TPSA) is 61.9 Å². The monoisotopic (exact) mass is 331 g/mol. The van der Waals surface area contributed by atoms with E-state index in [1.165, 1.54) is 0 Å². The van der Waals surface area contributed by atoms with Gasteiger partial charge in [-0.25, -0.2) is 0 Å². The Morgan fingerprint density at radius 1 is 1.18 bits per heavy atom. The maximum atomic E-state index is 12.5. The quantitative estimate of drug-likeness (QED) is 0.795. The molecule has 0 spiro atoms. The van der Waals surface area contributed by atoms with Gasteiger partial charge in [0.1, 0.15) is 6.10 Å². The molecule has 3 aliphatic heterocycles. The summed E-state index contributed by atoms with van der Waals surface area (Å²) in [6.45, 7) is 4.20. The molecule has 3 aliphatic rings. The Bertz CT molecular complexity index is 401. The number of hydrogen-bond acceptors (Lipinski definition) is 4. The largest absolute Gasteiger partial charge is 0.368 e. The number of piperidine rings is 1. The number of carbonyl (C=O) groups is 2. The second kappa shape index (κ2) is 8.13. The third kappa shape index (κ3) is 3.91. The number of likely N-dealkylation sites (tertiary alicyclic amines) is 1. The molecule has 3 rings (SSSR count). The van der Waals surface area contributed by atoms with E-state index >= 15 is 0 Å². The van der Waals surface area contributed by atoms with Crippen molar-refractivity contribution in [2.45, 2.75) is 44.2 Å². The van der Waals surface area contributed by atoms with Crippen LogP contribution in [0.25, 0.3) is 0 Å². The first-order valence-electron chi connectivity index (χ1n) is 8.16. The fourth-order valence-electron chi connectivity index (χ4n) is 3.56. The molecule has 2 unspecified atom stereocenters. The summed E-state index contributed by atoms with van der Waals surface area (Å²) in [5.41, 5.74) is 0. The standard InChI is InChI=1S/C15H25N3O3.ClH/c19-14-10-16-6-8-18(14)12-4-3-7-17(11-12)15(20)13-5-1-2-9-21-13;/h12-13,16H,1-11H2;1H. The Kier molecular flexibility index (Phi) is 6.47. The average molecular weight is 332 g/mol. The fraction of sp³-hybridized carbons (Fsp3) is 0.867. The van der Waals surface area contributed by atoms with E-state index in [4.69, 9.17) is 4.74 Å². The lowest BCUT2D eigenvalue weighted by Gasteiger charge is -2.42. The van der Waals surface area contributed by atoms with E-state index in [0.717, 1.165) is 51.7 Å². The third-order valence-corrected chi connectivity index (χ3v) is 4.73. The van der Waals surface area contributed by atoms with Crippen LogP contribution in [0.2, 0.25) is 0 Å². The van der Waals surface area contributed by atoms with E-state index in [-0.39, 0.29) is 36.4 Å².